The van der Waals surface area contributed by atoms with Gasteiger partial charge in [0.1, 0.15) is 22.7 Å². The summed E-state index contributed by atoms with van der Waals surface area (Å²) >= 11 is 0. The molecule has 1 aromatic carbocycles. The van der Waals surface area contributed by atoms with E-state index in [2.05, 4.69) is 19.7 Å². The molecule has 0 saturated heterocycles. The molecule has 0 saturated carbocycles. The lowest BCUT2D eigenvalue weighted by Gasteiger charge is -2.14. The lowest BCUT2D eigenvalue weighted by molar-refractivity contribution is 0.0985. The number of fused-ring (bicyclic) bond motifs is 1. The average molecular weight is 487 g/mol. The number of imidazole rings is 1. The normalized spacial score (nSPS) is 11.6. The highest BCUT2D eigenvalue weighted by Crippen LogP contribution is 2.32. The van der Waals surface area contributed by atoms with Gasteiger partial charge in [-0.3, -0.25) is 14.5 Å². The van der Waals surface area contributed by atoms with Gasteiger partial charge in [-0.15, -0.1) is 0 Å². The second-order valence-electron chi connectivity index (χ2n) is 7.34. The summed E-state index contributed by atoms with van der Waals surface area (Å²) < 4.78 is 64.5. The zero-order valence-corrected chi connectivity index (χ0v) is 19.2. The molecule has 3 heterocycles. The van der Waals surface area contributed by atoms with Crippen LogP contribution in [0.1, 0.15) is 29.4 Å². The summed E-state index contributed by atoms with van der Waals surface area (Å²) in [5.41, 5.74) is -0.0358. The number of Topliss-reactive ketones (excluding diaryl/α,β-unsaturated/α-hetero) is 1. The first kappa shape index (κ1) is 23.2. The van der Waals surface area contributed by atoms with Gasteiger partial charge in [-0.2, -0.15) is 0 Å². The van der Waals surface area contributed by atoms with Crippen molar-refractivity contribution in [1.29, 1.82) is 0 Å². The molecule has 0 atom stereocenters. The van der Waals surface area contributed by atoms with Gasteiger partial charge in [0, 0.05) is 18.8 Å². The molecule has 0 aliphatic carbocycles. The molecule has 0 radical (unpaired) electrons. The van der Waals surface area contributed by atoms with Gasteiger partial charge in [-0.1, -0.05) is 6.92 Å². The van der Waals surface area contributed by atoms with E-state index < -0.39 is 32.9 Å². The quantitative estimate of drug-likeness (QED) is 0.395. The van der Waals surface area contributed by atoms with Crippen LogP contribution in [0.15, 0.2) is 48.0 Å². The molecule has 0 amide bonds. The van der Waals surface area contributed by atoms with E-state index in [4.69, 9.17) is 4.74 Å². The van der Waals surface area contributed by atoms with Gasteiger partial charge < -0.3 is 9.14 Å². The SMILES string of the molecule is CCC(=O)c1ncn2cc(-c3c(F)ccc(NS(=O)(=O)c4cc(C)cnc4OC)c3F)ncc12. The third-order valence-corrected chi connectivity index (χ3v) is 6.39. The number of hydrogen-bond acceptors (Lipinski definition) is 7. The number of nitrogens with one attached hydrogen (secondary N) is 1. The minimum absolute atomic E-state index is 0.119. The fourth-order valence-electron chi connectivity index (χ4n) is 3.35. The first-order chi connectivity index (χ1) is 16.2. The first-order valence-corrected chi connectivity index (χ1v) is 11.5. The van der Waals surface area contributed by atoms with Crippen LogP contribution in [0.5, 0.6) is 5.88 Å². The molecule has 4 aromatic rings. The second-order valence-corrected chi connectivity index (χ2v) is 9.00. The van der Waals surface area contributed by atoms with Gasteiger partial charge in [-0.25, -0.2) is 27.2 Å². The summed E-state index contributed by atoms with van der Waals surface area (Å²) in [6, 6.07) is 3.21. The van der Waals surface area contributed by atoms with Gasteiger partial charge in [0.25, 0.3) is 10.0 Å². The Labute approximate surface area is 193 Å². The lowest BCUT2D eigenvalue weighted by Crippen LogP contribution is -2.16. The van der Waals surface area contributed by atoms with Gasteiger partial charge in [-0.05, 0) is 30.7 Å². The van der Waals surface area contributed by atoms with Crippen molar-refractivity contribution >= 4 is 27.0 Å². The maximum atomic E-state index is 15.4. The Balaban J connectivity index is 1.78. The number of halogens is 2. The topological polar surface area (TPSA) is 116 Å². The van der Waals surface area contributed by atoms with E-state index in [0.717, 1.165) is 12.1 Å². The number of methoxy groups -OCH3 is 1. The molecule has 3 aromatic heterocycles. The van der Waals surface area contributed by atoms with Crippen LogP contribution in [-0.4, -0.2) is 40.7 Å². The van der Waals surface area contributed by atoms with Crippen LogP contribution >= 0.6 is 0 Å². The summed E-state index contributed by atoms with van der Waals surface area (Å²) in [6.07, 6.45) is 5.59. The number of carbonyl (C=O) groups is 1. The standard InChI is InChI=1S/C22H19F2N5O4S/c1-4-17(30)21-16-9-25-15(10-29(16)11-27-21)19-13(23)5-6-14(20(19)24)28-34(31,32)18-7-12(2)8-26-22(18)33-3/h5-11,28H,4H2,1-3H3. The van der Waals surface area contributed by atoms with Gasteiger partial charge >= 0.3 is 0 Å². The number of ketones is 1. The number of pyridine rings is 1. The monoisotopic (exact) mass is 487 g/mol. The van der Waals surface area contributed by atoms with E-state index in [0.29, 0.717) is 11.1 Å². The van der Waals surface area contributed by atoms with Crippen LogP contribution in [0.25, 0.3) is 16.8 Å². The van der Waals surface area contributed by atoms with Crippen molar-refractivity contribution in [2.24, 2.45) is 0 Å². The molecule has 0 unspecified atom stereocenters. The van der Waals surface area contributed by atoms with Crippen LogP contribution in [0.2, 0.25) is 0 Å². The van der Waals surface area contributed by atoms with E-state index in [-0.39, 0.29) is 34.4 Å². The number of sulfonamides is 1. The number of carbonyl (C=O) groups excluding carboxylic acids is 1. The molecular formula is C22H19F2N5O4S. The molecule has 0 spiro atoms. The first-order valence-electron chi connectivity index (χ1n) is 10.0. The van der Waals surface area contributed by atoms with Gasteiger partial charge in [0.15, 0.2) is 11.6 Å². The number of hydrogen-bond donors (Lipinski definition) is 1. The molecule has 1 N–H and O–H groups in total. The number of aromatic nitrogens is 4. The summed E-state index contributed by atoms with van der Waals surface area (Å²) in [5.74, 6) is -2.50. The van der Waals surface area contributed by atoms with Crippen molar-refractivity contribution in [1.82, 2.24) is 19.4 Å². The maximum absolute atomic E-state index is 15.4. The zero-order valence-electron chi connectivity index (χ0n) is 18.3. The van der Waals surface area contributed by atoms with Crippen molar-refractivity contribution in [3.63, 3.8) is 0 Å². The highest BCUT2D eigenvalue weighted by molar-refractivity contribution is 7.92. The minimum atomic E-state index is -4.33. The van der Waals surface area contributed by atoms with Crippen molar-refractivity contribution in [2.75, 3.05) is 11.8 Å². The smallest absolute Gasteiger partial charge is 0.267 e. The number of benzene rings is 1. The van der Waals surface area contributed by atoms with Crippen molar-refractivity contribution in [3.8, 4) is 17.1 Å². The summed E-state index contributed by atoms with van der Waals surface area (Å²) in [4.78, 5) is 23.8. The van der Waals surface area contributed by atoms with Gasteiger partial charge in [0.2, 0.25) is 5.88 Å². The Kier molecular flexibility index (Phi) is 6.00. The third-order valence-electron chi connectivity index (χ3n) is 5.03. The average Bonchev–Trinajstić information content (AvgIpc) is 3.24. The summed E-state index contributed by atoms with van der Waals surface area (Å²) in [7, 11) is -3.08. The second kappa shape index (κ2) is 8.78. The van der Waals surface area contributed by atoms with E-state index >= 15 is 4.39 Å². The van der Waals surface area contributed by atoms with Crippen LogP contribution in [-0.2, 0) is 10.0 Å². The van der Waals surface area contributed by atoms with Crippen LogP contribution in [0.3, 0.4) is 0 Å². The number of ether oxygens (including phenoxy) is 1. The molecule has 0 aliphatic rings. The highest BCUT2D eigenvalue weighted by atomic mass is 32.2. The van der Waals surface area contributed by atoms with E-state index in [1.165, 1.54) is 42.5 Å². The predicted molar refractivity (Wildman–Crippen MR) is 119 cm³/mol. The van der Waals surface area contributed by atoms with Crippen molar-refractivity contribution in [3.05, 3.63) is 66.0 Å². The molecule has 0 aliphatic heterocycles. The Morgan fingerprint density at radius 3 is 2.65 bits per heavy atom. The van der Waals surface area contributed by atoms with E-state index in [1.54, 1.807) is 13.8 Å². The summed E-state index contributed by atoms with van der Waals surface area (Å²) in [5, 5.41) is 0. The van der Waals surface area contributed by atoms with E-state index in [1.807, 2.05) is 0 Å². The molecule has 12 heteroatoms. The Morgan fingerprint density at radius 1 is 1.18 bits per heavy atom. The Bertz CT molecular complexity index is 1540. The minimum Gasteiger partial charge on any atom is -0.480 e. The largest absolute Gasteiger partial charge is 0.480 e. The molecule has 4 rings (SSSR count). The predicted octanol–water partition coefficient (Wildman–Crippen LogP) is 3.78. The van der Waals surface area contributed by atoms with Crippen LogP contribution in [0, 0.1) is 18.6 Å². The van der Waals surface area contributed by atoms with Crippen LogP contribution in [0.4, 0.5) is 14.5 Å². The summed E-state index contributed by atoms with van der Waals surface area (Å²) in [6.45, 7) is 3.33. The van der Waals surface area contributed by atoms with E-state index in [9.17, 15) is 17.6 Å². The molecule has 0 fully saturated rings. The lowest BCUT2D eigenvalue weighted by atomic mass is 10.1. The molecule has 176 valence electrons. The number of aryl methyl sites for hydroxylation is 1. The van der Waals surface area contributed by atoms with Crippen molar-refractivity contribution in [2.45, 2.75) is 25.2 Å². The fourth-order valence-corrected chi connectivity index (χ4v) is 4.61. The Morgan fingerprint density at radius 2 is 1.94 bits per heavy atom. The zero-order chi connectivity index (χ0) is 24.6. The van der Waals surface area contributed by atoms with Gasteiger partial charge in [0.05, 0.1) is 35.8 Å². The molecule has 34 heavy (non-hydrogen) atoms. The molecule has 9 nitrogen and oxygen atoms in total. The fraction of sp³-hybridized carbons (Fsp3) is 0.182. The maximum Gasteiger partial charge on any atom is 0.267 e. The number of nitrogens with zero attached hydrogens (tertiary/aromatic N) is 4. The Hall–Kier alpha value is -3.93. The van der Waals surface area contributed by atoms with Crippen LogP contribution < -0.4 is 9.46 Å². The molecule has 0 bridgehead atoms. The third kappa shape index (κ3) is 4.07. The molecular weight excluding hydrogens is 468 g/mol. The number of rotatable bonds is 7. The highest BCUT2D eigenvalue weighted by Gasteiger charge is 2.25. The van der Waals surface area contributed by atoms with Crippen molar-refractivity contribution < 1.29 is 26.7 Å². The number of anilines is 1.